The Hall–Kier alpha value is -4.09. The van der Waals surface area contributed by atoms with E-state index in [-0.39, 0.29) is 42.0 Å². The van der Waals surface area contributed by atoms with Gasteiger partial charge < -0.3 is 19.7 Å². The molecule has 5 rings (SSSR count). The summed E-state index contributed by atoms with van der Waals surface area (Å²) < 4.78 is 12.4. The number of carbonyl (C=O) groups excluding carboxylic acids is 3. The minimum absolute atomic E-state index is 0.0535. The fourth-order valence-electron chi connectivity index (χ4n) is 8.19. The molecule has 2 aliphatic rings. The monoisotopic (exact) mass is 744 g/mol. The first kappa shape index (κ1) is 41.1. The number of hydrazine groups is 1. The van der Waals surface area contributed by atoms with Gasteiger partial charge >= 0.3 is 5.97 Å². The van der Waals surface area contributed by atoms with Gasteiger partial charge in [0.15, 0.2) is 11.4 Å². The topological polar surface area (TPSA) is 160 Å². The Morgan fingerprint density at radius 1 is 1.00 bits per heavy atom. The molecule has 0 bridgehead atoms. The summed E-state index contributed by atoms with van der Waals surface area (Å²) in [5.41, 5.74) is 8.00. The van der Waals surface area contributed by atoms with Crippen molar-refractivity contribution in [3.63, 3.8) is 0 Å². The van der Waals surface area contributed by atoms with Crippen molar-refractivity contribution >= 4 is 34.3 Å². The van der Waals surface area contributed by atoms with Crippen LogP contribution in [-0.2, 0) is 20.8 Å². The van der Waals surface area contributed by atoms with Crippen LogP contribution in [0.25, 0.3) is 10.8 Å². The Morgan fingerprint density at radius 3 is 2.56 bits per heavy atom. The number of amides is 1. The maximum absolute atomic E-state index is 13.4. The first-order valence-electron chi connectivity index (χ1n) is 20.1. The molecule has 54 heavy (non-hydrogen) atoms. The van der Waals surface area contributed by atoms with E-state index in [1.807, 2.05) is 45.0 Å². The molecule has 0 saturated heterocycles. The number of carbonyl (C=O) groups is 3. The van der Waals surface area contributed by atoms with Crippen LogP contribution in [0.4, 0.5) is 5.82 Å². The normalized spacial score (nSPS) is 21.4. The molecule has 5 atom stereocenters. The van der Waals surface area contributed by atoms with Crippen LogP contribution in [0.3, 0.4) is 0 Å². The predicted octanol–water partition coefficient (Wildman–Crippen LogP) is 7.71. The maximum Gasteiger partial charge on any atom is 0.311 e. The van der Waals surface area contributed by atoms with Crippen LogP contribution in [0.5, 0.6) is 11.5 Å². The van der Waals surface area contributed by atoms with Crippen molar-refractivity contribution < 1.29 is 34.1 Å². The minimum atomic E-state index is -1.13. The average Bonchev–Trinajstić information content (AvgIpc) is 3.43. The molecule has 11 heteroatoms. The van der Waals surface area contributed by atoms with Gasteiger partial charge in [-0.1, -0.05) is 76.1 Å². The van der Waals surface area contributed by atoms with Gasteiger partial charge in [-0.3, -0.25) is 25.2 Å². The zero-order chi connectivity index (χ0) is 38.8. The molecular weight excluding hydrogens is 684 g/mol. The number of aliphatic hydroxyl groups is 2. The summed E-state index contributed by atoms with van der Waals surface area (Å²) in [5.74, 6) is 1.06. The van der Waals surface area contributed by atoms with Crippen LogP contribution in [-0.4, -0.2) is 55.9 Å². The lowest BCUT2D eigenvalue weighted by atomic mass is 9.85. The van der Waals surface area contributed by atoms with Crippen molar-refractivity contribution in [2.24, 2.45) is 11.8 Å². The fraction of sp³-hybridized carbons (Fsp3) is 0.605. The van der Waals surface area contributed by atoms with Crippen molar-refractivity contribution in [2.75, 3.05) is 5.43 Å². The molecule has 11 nitrogen and oxygen atoms in total. The van der Waals surface area contributed by atoms with E-state index >= 15 is 0 Å². The Labute approximate surface area is 320 Å². The third-order valence-electron chi connectivity index (χ3n) is 11.8. The fourth-order valence-corrected chi connectivity index (χ4v) is 8.19. The lowest BCUT2D eigenvalue weighted by molar-refractivity contribution is -0.136. The van der Waals surface area contributed by atoms with E-state index in [0.29, 0.717) is 49.4 Å². The second-order valence-electron chi connectivity index (χ2n) is 15.7. The van der Waals surface area contributed by atoms with Crippen LogP contribution >= 0.6 is 0 Å². The van der Waals surface area contributed by atoms with Crippen LogP contribution < -0.4 is 20.3 Å². The number of rotatable bonds is 19. The Bertz CT molecular complexity index is 1770. The number of hydrogen-bond acceptors (Lipinski definition) is 10. The number of ketones is 1. The highest BCUT2D eigenvalue weighted by molar-refractivity contribution is 5.93. The molecule has 4 unspecified atom stereocenters. The molecule has 1 aliphatic heterocycles. The van der Waals surface area contributed by atoms with Crippen molar-refractivity contribution in [1.82, 2.24) is 15.6 Å². The molecule has 4 N–H and O–H groups in total. The third-order valence-corrected chi connectivity index (χ3v) is 11.8. The average molecular weight is 745 g/mol. The van der Waals surface area contributed by atoms with Crippen molar-refractivity contribution in [3.8, 4) is 11.5 Å². The maximum atomic E-state index is 13.4. The van der Waals surface area contributed by atoms with E-state index in [4.69, 9.17) is 9.47 Å². The van der Waals surface area contributed by atoms with Crippen molar-refractivity contribution in [1.29, 1.82) is 0 Å². The molecule has 1 aliphatic carbocycles. The molecule has 0 spiro atoms. The SMILES string of the molecule is CCCCCC(O)CCC1C(O)CC(=O)[C@@H]1CCCCCCCC(=O)Oc1c(C)c(C)c2c(c1C)CCC(C)(C(=O)NNc1nncc3ccccc13)O2. The number of unbranched alkanes of at least 4 members (excludes halogenated alkanes) is 6. The van der Waals surface area contributed by atoms with Crippen molar-refractivity contribution in [2.45, 2.75) is 155 Å². The number of fused-ring (bicyclic) bond motifs is 2. The molecule has 1 saturated carbocycles. The number of Topliss-reactive ketones (excluding diaryl/α,β-unsaturated/α-hetero) is 1. The van der Waals surface area contributed by atoms with E-state index in [2.05, 4.69) is 28.0 Å². The Kier molecular flexibility index (Phi) is 14.4. The third kappa shape index (κ3) is 9.96. The highest BCUT2D eigenvalue weighted by Gasteiger charge is 2.42. The Balaban J connectivity index is 1.06. The predicted molar refractivity (Wildman–Crippen MR) is 209 cm³/mol. The lowest BCUT2D eigenvalue weighted by Gasteiger charge is -2.36. The van der Waals surface area contributed by atoms with Gasteiger partial charge in [-0.05, 0) is 88.8 Å². The van der Waals surface area contributed by atoms with Gasteiger partial charge in [0, 0.05) is 41.5 Å². The van der Waals surface area contributed by atoms with E-state index in [0.717, 1.165) is 97.2 Å². The Morgan fingerprint density at radius 2 is 1.76 bits per heavy atom. The molecule has 1 fully saturated rings. The largest absolute Gasteiger partial charge is 0.477 e. The summed E-state index contributed by atoms with van der Waals surface area (Å²) in [4.78, 5) is 39.1. The molecule has 1 amide bonds. The number of ether oxygens (including phenoxy) is 2. The molecule has 2 heterocycles. The number of aliphatic hydroxyl groups excluding tert-OH is 2. The standard InChI is InChI=1S/C43H60N4O7/c1-6-7-11-17-31(48)21-22-35-34(36(49)25-37(35)50)19-12-9-8-10-13-20-38(51)53-39-27(2)28(3)40-32(29(39)4)23-24-43(5,54-40)42(52)47-46-41-33-18-15-14-16-30(33)26-44-45-41/h14-16,18,26,31,34-35,37,48,50H,6-13,17,19-25H2,1-5H3,(H,45,46)(H,47,52)/t31?,34-,35?,37?,43?/m1/s1. The van der Waals surface area contributed by atoms with Crippen molar-refractivity contribution in [3.05, 3.63) is 52.7 Å². The first-order chi connectivity index (χ1) is 25.9. The highest BCUT2D eigenvalue weighted by Crippen LogP contribution is 2.44. The number of benzene rings is 2. The van der Waals surface area contributed by atoms with Gasteiger partial charge in [0.2, 0.25) is 0 Å². The zero-order valence-electron chi connectivity index (χ0n) is 32.8. The lowest BCUT2D eigenvalue weighted by Crippen LogP contribution is -2.52. The van der Waals surface area contributed by atoms with E-state index in [1.54, 1.807) is 13.1 Å². The number of anilines is 1. The quantitative estimate of drug-likeness (QED) is 0.0415. The van der Waals surface area contributed by atoms with Gasteiger partial charge in [-0.25, -0.2) is 0 Å². The summed E-state index contributed by atoms with van der Waals surface area (Å²) in [6.07, 6.45) is 12.9. The highest BCUT2D eigenvalue weighted by atomic mass is 16.5. The summed E-state index contributed by atoms with van der Waals surface area (Å²) >= 11 is 0. The number of hydrogen-bond donors (Lipinski definition) is 4. The summed E-state index contributed by atoms with van der Waals surface area (Å²) in [5, 5.41) is 30.8. The van der Waals surface area contributed by atoms with Crippen LogP contribution in [0.1, 0.15) is 132 Å². The summed E-state index contributed by atoms with van der Waals surface area (Å²) in [7, 11) is 0. The van der Waals surface area contributed by atoms with E-state index in [9.17, 15) is 24.6 Å². The zero-order valence-corrected chi connectivity index (χ0v) is 32.8. The van der Waals surface area contributed by atoms with E-state index in [1.165, 1.54) is 0 Å². The van der Waals surface area contributed by atoms with Gasteiger partial charge in [0.25, 0.3) is 5.91 Å². The van der Waals surface area contributed by atoms with Gasteiger partial charge in [-0.15, -0.1) is 5.10 Å². The number of esters is 1. The molecule has 0 radical (unpaired) electrons. The van der Waals surface area contributed by atoms with Crippen LogP contribution in [0.2, 0.25) is 0 Å². The van der Waals surface area contributed by atoms with Gasteiger partial charge in [0.05, 0.1) is 18.4 Å². The molecule has 294 valence electrons. The number of nitrogens with zero attached hydrogens (tertiary/aromatic N) is 2. The summed E-state index contributed by atoms with van der Waals surface area (Å²) in [6, 6.07) is 7.65. The van der Waals surface area contributed by atoms with Gasteiger partial charge in [0.1, 0.15) is 17.3 Å². The van der Waals surface area contributed by atoms with Crippen LogP contribution in [0, 0.1) is 32.6 Å². The molecular formula is C43H60N4O7. The summed E-state index contributed by atoms with van der Waals surface area (Å²) in [6.45, 7) is 9.70. The minimum Gasteiger partial charge on any atom is -0.477 e. The van der Waals surface area contributed by atoms with E-state index < -0.39 is 11.7 Å². The number of aromatic nitrogens is 2. The second-order valence-corrected chi connectivity index (χ2v) is 15.7. The van der Waals surface area contributed by atoms with Crippen LogP contribution in [0.15, 0.2) is 30.5 Å². The molecule has 3 aromatic rings. The second kappa shape index (κ2) is 19.0. The molecule has 2 aromatic carbocycles. The first-order valence-corrected chi connectivity index (χ1v) is 20.1. The smallest absolute Gasteiger partial charge is 0.311 e. The molecule has 1 aromatic heterocycles. The number of nitrogens with one attached hydrogen (secondary N) is 2. The van der Waals surface area contributed by atoms with Gasteiger partial charge in [-0.2, -0.15) is 5.10 Å².